The molecule has 6 heteroatoms. The number of esters is 1. The molecule has 3 nitrogen and oxygen atoms in total. The molecular weight excluding hydrogens is 277 g/mol. The van der Waals surface area contributed by atoms with Gasteiger partial charge in [0.05, 0.1) is 18.6 Å². The normalized spacial score (nSPS) is 16.4. The van der Waals surface area contributed by atoms with E-state index in [1.54, 1.807) is 0 Å². The van der Waals surface area contributed by atoms with Crippen LogP contribution < -0.4 is 0 Å². The molecular formula is C12H13ClFNO2S. The Bertz CT molecular complexity index is 465. The van der Waals surface area contributed by atoms with Crippen LogP contribution in [-0.4, -0.2) is 23.8 Å². The Morgan fingerprint density at radius 2 is 2.39 bits per heavy atom. The van der Waals surface area contributed by atoms with Crippen LogP contribution in [-0.2, 0) is 9.53 Å². The first-order valence-electron chi connectivity index (χ1n) is 5.55. The first-order valence-corrected chi connectivity index (χ1v) is 6.92. The van der Waals surface area contributed by atoms with Crippen molar-refractivity contribution in [2.24, 2.45) is 5.41 Å². The number of hydrogen-bond acceptors (Lipinski definition) is 4. The number of ether oxygens (including phenoxy) is 1. The number of rotatable bonds is 5. The van der Waals surface area contributed by atoms with E-state index in [2.05, 4.69) is 9.72 Å². The van der Waals surface area contributed by atoms with E-state index in [1.165, 1.54) is 31.1 Å². The molecule has 0 unspecified atom stereocenters. The SMILES string of the molecule is COC(=O)CC1(CSc2ncc(Cl)cc2F)CC1. The number of carbonyl (C=O) groups excluding carboxylic acids is 1. The summed E-state index contributed by atoms with van der Waals surface area (Å²) in [5.41, 5.74) is -0.0362. The number of pyridine rings is 1. The molecule has 0 aliphatic heterocycles. The van der Waals surface area contributed by atoms with Gasteiger partial charge in [-0.25, -0.2) is 9.37 Å². The third-order valence-corrected chi connectivity index (χ3v) is 4.53. The quantitative estimate of drug-likeness (QED) is 0.616. The van der Waals surface area contributed by atoms with E-state index >= 15 is 0 Å². The fourth-order valence-corrected chi connectivity index (χ4v) is 2.96. The van der Waals surface area contributed by atoms with Gasteiger partial charge in [0.1, 0.15) is 5.03 Å². The maximum absolute atomic E-state index is 13.5. The van der Waals surface area contributed by atoms with Crippen LogP contribution in [0.25, 0.3) is 0 Å². The lowest BCUT2D eigenvalue weighted by Gasteiger charge is -2.12. The van der Waals surface area contributed by atoms with Crippen molar-refractivity contribution in [3.05, 3.63) is 23.1 Å². The third kappa shape index (κ3) is 3.36. The molecule has 1 saturated carbocycles. The predicted octanol–water partition coefficient (Wildman–Crippen LogP) is 3.31. The molecule has 0 bridgehead atoms. The zero-order chi connectivity index (χ0) is 13.2. The second kappa shape index (κ2) is 5.45. The summed E-state index contributed by atoms with van der Waals surface area (Å²) in [4.78, 5) is 15.2. The summed E-state index contributed by atoms with van der Waals surface area (Å²) in [6, 6.07) is 1.25. The summed E-state index contributed by atoms with van der Waals surface area (Å²) < 4.78 is 18.2. The second-order valence-electron chi connectivity index (χ2n) is 4.48. The van der Waals surface area contributed by atoms with Gasteiger partial charge in [-0.2, -0.15) is 0 Å². The van der Waals surface area contributed by atoms with Gasteiger partial charge in [0.2, 0.25) is 0 Å². The minimum atomic E-state index is -0.415. The van der Waals surface area contributed by atoms with E-state index in [9.17, 15) is 9.18 Å². The average molecular weight is 290 g/mol. The molecule has 0 aromatic carbocycles. The average Bonchev–Trinajstić information content (AvgIpc) is 3.08. The molecule has 1 aromatic rings. The summed E-state index contributed by atoms with van der Waals surface area (Å²) in [6.45, 7) is 0. The van der Waals surface area contributed by atoms with Crippen LogP contribution in [0.15, 0.2) is 17.3 Å². The van der Waals surface area contributed by atoms with Gasteiger partial charge in [-0.3, -0.25) is 4.79 Å². The number of methoxy groups -OCH3 is 1. The number of halogens is 2. The Morgan fingerprint density at radius 1 is 1.67 bits per heavy atom. The van der Waals surface area contributed by atoms with Gasteiger partial charge in [-0.1, -0.05) is 11.6 Å². The van der Waals surface area contributed by atoms with E-state index in [0.29, 0.717) is 17.2 Å². The van der Waals surface area contributed by atoms with Crippen LogP contribution in [0.2, 0.25) is 5.02 Å². The van der Waals surface area contributed by atoms with Crippen LogP contribution in [0.1, 0.15) is 19.3 Å². The fraction of sp³-hybridized carbons (Fsp3) is 0.500. The lowest BCUT2D eigenvalue weighted by molar-refractivity contribution is -0.141. The van der Waals surface area contributed by atoms with Crippen molar-refractivity contribution in [2.45, 2.75) is 24.3 Å². The van der Waals surface area contributed by atoms with Gasteiger partial charge in [0.25, 0.3) is 0 Å². The molecule has 1 aromatic heterocycles. The minimum absolute atomic E-state index is 0.0362. The molecule has 1 aliphatic carbocycles. The van der Waals surface area contributed by atoms with Crippen LogP contribution in [0.3, 0.4) is 0 Å². The Morgan fingerprint density at radius 3 is 2.94 bits per heavy atom. The number of nitrogens with zero attached hydrogens (tertiary/aromatic N) is 1. The molecule has 0 spiro atoms. The lowest BCUT2D eigenvalue weighted by atomic mass is 10.1. The standard InChI is InChI=1S/C12H13ClFNO2S/c1-17-10(16)5-12(2-3-12)7-18-11-9(14)4-8(13)6-15-11/h4,6H,2-3,5,7H2,1H3. The van der Waals surface area contributed by atoms with Gasteiger partial charge < -0.3 is 4.74 Å². The zero-order valence-corrected chi connectivity index (χ0v) is 11.5. The number of hydrogen-bond donors (Lipinski definition) is 0. The highest BCUT2D eigenvalue weighted by Gasteiger charge is 2.44. The van der Waals surface area contributed by atoms with Crippen molar-refractivity contribution < 1.29 is 13.9 Å². The van der Waals surface area contributed by atoms with Crippen molar-refractivity contribution in [3.8, 4) is 0 Å². The molecule has 1 aliphatic rings. The second-order valence-corrected chi connectivity index (χ2v) is 5.88. The van der Waals surface area contributed by atoms with Crippen LogP contribution >= 0.6 is 23.4 Å². The van der Waals surface area contributed by atoms with Gasteiger partial charge >= 0.3 is 5.97 Å². The van der Waals surface area contributed by atoms with E-state index in [-0.39, 0.29) is 16.4 Å². The van der Waals surface area contributed by atoms with Crippen molar-refractivity contribution >= 4 is 29.3 Å². The molecule has 0 radical (unpaired) electrons. The summed E-state index contributed by atoms with van der Waals surface area (Å²) in [5.74, 6) is 0.0483. The number of aromatic nitrogens is 1. The third-order valence-electron chi connectivity index (χ3n) is 2.99. The van der Waals surface area contributed by atoms with Crippen LogP contribution in [0.5, 0.6) is 0 Å². The van der Waals surface area contributed by atoms with Crippen LogP contribution in [0, 0.1) is 11.2 Å². The molecule has 18 heavy (non-hydrogen) atoms. The Hall–Kier alpha value is -0.810. The lowest BCUT2D eigenvalue weighted by Crippen LogP contribution is -2.13. The van der Waals surface area contributed by atoms with Gasteiger partial charge in [0, 0.05) is 11.9 Å². The zero-order valence-electron chi connectivity index (χ0n) is 9.91. The summed E-state index contributed by atoms with van der Waals surface area (Å²) >= 11 is 6.96. The molecule has 0 amide bonds. The van der Waals surface area contributed by atoms with Crippen molar-refractivity contribution in [1.82, 2.24) is 4.98 Å². The molecule has 0 atom stereocenters. The first-order chi connectivity index (χ1) is 8.54. The van der Waals surface area contributed by atoms with Crippen LogP contribution in [0.4, 0.5) is 4.39 Å². The number of thioether (sulfide) groups is 1. The summed E-state index contributed by atoms with van der Waals surface area (Å²) in [7, 11) is 1.38. The molecule has 2 rings (SSSR count). The first kappa shape index (κ1) is 13.6. The van der Waals surface area contributed by atoms with Crippen molar-refractivity contribution in [3.63, 3.8) is 0 Å². The van der Waals surface area contributed by atoms with E-state index in [0.717, 1.165) is 12.8 Å². The van der Waals surface area contributed by atoms with Crippen molar-refractivity contribution in [2.75, 3.05) is 12.9 Å². The van der Waals surface area contributed by atoms with E-state index < -0.39 is 5.82 Å². The predicted molar refractivity (Wildman–Crippen MR) is 68.2 cm³/mol. The Kier molecular flexibility index (Phi) is 4.12. The Balaban J connectivity index is 1.93. The minimum Gasteiger partial charge on any atom is -0.469 e. The van der Waals surface area contributed by atoms with Crippen molar-refractivity contribution in [1.29, 1.82) is 0 Å². The molecule has 0 saturated heterocycles. The fourth-order valence-electron chi connectivity index (χ4n) is 1.66. The highest BCUT2D eigenvalue weighted by molar-refractivity contribution is 7.99. The molecule has 0 N–H and O–H groups in total. The van der Waals surface area contributed by atoms with Gasteiger partial charge in [-0.15, -0.1) is 11.8 Å². The summed E-state index contributed by atoms with van der Waals surface area (Å²) in [6.07, 6.45) is 3.77. The van der Waals surface area contributed by atoms with E-state index in [1.807, 2.05) is 0 Å². The highest BCUT2D eigenvalue weighted by Crippen LogP contribution is 2.52. The maximum Gasteiger partial charge on any atom is 0.306 e. The molecule has 98 valence electrons. The maximum atomic E-state index is 13.5. The Labute approximate surface area is 114 Å². The summed E-state index contributed by atoms with van der Waals surface area (Å²) in [5, 5.41) is 0.614. The molecule has 1 heterocycles. The van der Waals surface area contributed by atoms with E-state index in [4.69, 9.17) is 11.6 Å². The van der Waals surface area contributed by atoms with Gasteiger partial charge in [-0.05, 0) is 24.3 Å². The van der Waals surface area contributed by atoms with Gasteiger partial charge in [0.15, 0.2) is 5.82 Å². The topological polar surface area (TPSA) is 39.2 Å². The smallest absolute Gasteiger partial charge is 0.306 e. The largest absolute Gasteiger partial charge is 0.469 e. The number of carbonyl (C=O) groups is 1. The molecule has 1 fully saturated rings. The monoisotopic (exact) mass is 289 g/mol. The highest BCUT2D eigenvalue weighted by atomic mass is 35.5.